The maximum Gasteiger partial charge on any atom is 0.331 e. The van der Waals surface area contributed by atoms with E-state index < -0.39 is 16.0 Å². The third kappa shape index (κ3) is 4.20. The first-order chi connectivity index (χ1) is 12.3. The molecular formula is C19H25ClFN3O2S. The van der Waals surface area contributed by atoms with Crippen LogP contribution in [0.5, 0.6) is 0 Å². The highest BCUT2D eigenvalue weighted by atomic mass is 35.5. The number of halogens is 2. The summed E-state index contributed by atoms with van der Waals surface area (Å²) < 4.78 is 43.4. The number of hydrogen-bond donors (Lipinski definition) is 0. The lowest BCUT2D eigenvalue weighted by Gasteiger charge is -2.22. The number of para-hydroxylation sites is 2. The zero-order valence-electron chi connectivity index (χ0n) is 15.7. The third-order valence-electron chi connectivity index (χ3n) is 4.42. The summed E-state index contributed by atoms with van der Waals surface area (Å²) in [7, 11) is 0.117. The average Bonchev–Trinajstić information content (AvgIpc) is 2.79. The Kier molecular flexibility index (Phi) is 6.72. The lowest BCUT2D eigenvalue weighted by molar-refractivity contribution is 0.396. The highest BCUT2D eigenvalue weighted by Gasteiger charge is 2.41. The Balaban J connectivity index is 0.00000261. The zero-order valence-corrected chi connectivity index (χ0v) is 17.4. The largest absolute Gasteiger partial charge is 0.331 e. The molecule has 148 valence electrons. The highest BCUT2D eigenvalue weighted by molar-refractivity contribution is 7.95. The fraction of sp³-hybridized carbons (Fsp3) is 0.368. The van der Waals surface area contributed by atoms with Gasteiger partial charge in [-0.1, -0.05) is 18.2 Å². The molecule has 0 atom stereocenters. The van der Waals surface area contributed by atoms with Crippen molar-refractivity contribution in [1.82, 2.24) is 4.90 Å². The minimum absolute atomic E-state index is 0. The summed E-state index contributed by atoms with van der Waals surface area (Å²) >= 11 is 0. The number of fused-ring (bicyclic) bond motifs is 1. The van der Waals surface area contributed by atoms with Crippen molar-refractivity contribution >= 4 is 39.7 Å². The first-order valence-electron chi connectivity index (χ1n) is 8.65. The fourth-order valence-electron chi connectivity index (χ4n) is 3.14. The molecule has 2 aromatic rings. The van der Waals surface area contributed by atoms with Crippen LogP contribution in [0.3, 0.4) is 0 Å². The van der Waals surface area contributed by atoms with Gasteiger partial charge in [0.25, 0.3) is 0 Å². The van der Waals surface area contributed by atoms with Gasteiger partial charge >= 0.3 is 10.2 Å². The van der Waals surface area contributed by atoms with E-state index in [1.54, 1.807) is 37.3 Å². The molecule has 1 heterocycles. The molecule has 0 spiro atoms. The van der Waals surface area contributed by atoms with Gasteiger partial charge in [-0.3, -0.25) is 4.31 Å². The van der Waals surface area contributed by atoms with E-state index in [-0.39, 0.29) is 18.1 Å². The summed E-state index contributed by atoms with van der Waals surface area (Å²) in [5.74, 6) is -0.544. The molecule has 0 fully saturated rings. The molecule has 0 amide bonds. The second-order valence-corrected chi connectivity index (χ2v) is 8.50. The number of rotatable bonds is 6. The normalized spacial score (nSPS) is 15.0. The molecule has 0 aromatic heterocycles. The van der Waals surface area contributed by atoms with E-state index in [1.807, 2.05) is 14.1 Å². The van der Waals surface area contributed by atoms with Gasteiger partial charge in [0, 0.05) is 6.54 Å². The van der Waals surface area contributed by atoms with Gasteiger partial charge < -0.3 is 4.90 Å². The second kappa shape index (κ2) is 8.46. The van der Waals surface area contributed by atoms with Crippen molar-refractivity contribution in [3.63, 3.8) is 0 Å². The minimum atomic E-state index is -3.86. The second-order valence-electron chi connectivity index (χ2n) is 6.80. The molecule has 1 aliphatic rings. The number of benzene rings is 2. The van der Waals surface area contributed by atoms with E-state index in [2.05, 4.69) is 4.90 Å². The number of hydrogen-bond acceptors (Lipinski definition) is 3. The molecule has 0 unspecified atom stereocenters. The van der Waals surface area contributed by atoms with Crippen LogP contribution in [0.25, 0.3) is 0 Å². The van der Waals surface area contributed by atoms with Gasteiger partial charge in [-0.25, -0.2) is 8.70 Å². The summed E-state index contributed by atoms with van der Waals surface area (Å²) in [5, 5.41) is 0. The summed E-state index contributed by atoms with van der Waals surface area (Å²) in [4.78, 5) is 2.07. The first-order valence-corrected chi connectivity index (χ1v) is 10.0. The van der Waals surface area contributed by atoms with Crippen LogP contribution in [-0.4, -0.2) is 40.5 Å². The SMILES string of the molecule is Cc1ccc(N2c3ccccc3N(CCCCN(C)C)S2(=O)=O)c(F)c1.Cl. The van der Waals surface area contributed by atoms with Crippen LogP contribution in [-0.2, 0) is 10.2 Å². The molecule has 3 rings (SSSR count). The monoisotopic (exact) mass is 413 g/mol. The van der Waals surface area contributed by atoms with Crippen molar-refractivity contribution in [2.24, 2.45) is 0 Å². The summed E-state index contributed by atoms with van der Waals surface area (Å²) in [6, 6.07) is 11.6. The van der Waals surface area contributed by atoms with Gasteiger partial charge in [-0.05, 0) is 70.2 Å². The van der Waals surface area contributed by atoms with E-state index >= 15 is 0 Å². The molecular weight excluding hydrogens is 389 g/mol. The zero-order chi connectivity index (χ0) is 18.9. The Labute approximate surface area is 167 Å². The van der Waals surface area contributed by atoms with Crippen molar-refractivity contribution in [3.05, 3.63) is 53.8 Å². The van der Waals surface area contributed by atoms with E-state index in [0.717, 1.165) is 29.3 Å². The van der Waals surface area contributed by atoms with Crippen molar-refractivity contribution < 1.29 is 12.8 Å². The van der Waals surface area contributed by atoms with E-state index in [4.69, 9.17) is 0 Å². The Morgan fingerprint density at radius 3 is 2.30 bits per heavy atom. The molecule has 0 N–H and O–H groups in total. The van der Waals surface area contributed by atoms with Crippen LogP contribution in [0.1, 0.15) is 18.4 Å². The molecule has 2 aromatic carbocycles. The van der Waals surface area contributed by atoms with Crippen molar-refractivity contribution in [2.75, 3.05) is 35.8 Å². The summed E-state index contributed by atoms with van der Waals surface area (Å²) in [6.07, 6.45) is 1.62. The lowest BCUT2D eigenvalue weighted by atomic mass is 10.2. The van der Waals surface area contributed by atoms with Gasteiger partial charge in [0.1, 0.15) is 5.82 Å². The first kappa shape index (κ1) is 21.5. The molecule has 0 aliphatic carbocycles. The quantitative estimate of drug-likeness (QED) is 0.669. The highest BCUT2D eigenvalue weighted by Crippen LogP contribution is 2.45. The number of unbranched alkanes of at least 4 members (excludes halogenated alkanes) is 1. The summed E-state index contributed by atoms with van der Waals surface area (Å²) in [6.45, 7) is 3.04. The van der Waals surface area contributed by atoms with Crippen LogP contribution in [0.15, 0.2) is 42.5 Å². The minimum Gasteiger partial charge on any atom is -0.309 e. The van der Waals surface area contributed by atoms with Crippen molar-refractivity contribution in [1.29, 1.82) is 0 Å². The maximum atomic E-state index is 14.5. The van der Waals surface area contributed by atoms with E-state index in [9.17, 15) is 12.8 Å². The van der Waals surface area contributed by atoms with Crippen LogP contribution in [0.4, 0.5) is 21.5 Å². The molecule has 1 aliphatic heterocycles. The number of nitrogens with zero attached hydrogens (tertiary/aromatic N) is 3. The Morgan fingerprint density at radius 2 is 1.67 bits per heavy atom. The van der Waals surface area contributed by atoms with Gasteiger partial charge in [-0.15, -0.1) is 12.4 Å². The van der Waals surface area contributed by atoms with Gasteiger partial charge in [-0.2, -0.15) is 8.42 Å². The smallest absolute Gasteiger partial charge is 0.309 e. The molecule has 0 saturated carbocycles. The average molecular weight is 414 g/mol. The lowest BCUT2D eigenvalue weighted by Crippen LogP contribution is -2.36. The van der Waals surface area contributed by atoms with Gasteiger partial charge in [0.15, 0.2) is 0 Å². The Bertz CT molecular complexity index is 906. The molecule has 0 radical (unpaired) electrons. The van der Waals surface area contributed by atoms with Crippen molar-refractivity contribution in [3.8, 4) is 0 Å². The summed E-state index contributed by atoms with van der Waals surface area (Å²) in [5.41, 5.74) is 1.88. The Morgan fingerprint density at radius 1 is 1.00 bits per heavy atom. The maximum absolute atomic E-state index is 14.5. The van der Waals surface area contributed by atoms with E-state index in [0.29, 0.717) is 17.9 Å². The van der Waals surface area contributed by atoms with Gasteiger partial charge in [0.05, 0.1) is 17.1 Å². The molecule has 0 bridgehead atoms. The Hall–Kier alpha value is -1.83. The number of anilines is 3. The van der Waals surface area contributed by atoms with Crippen LogP contribution in [0, 0.1) is 12.7 Å². The fourth-order valence-corrected chi connectivity index (χ4v) is 4.90. The topological polar surface area (TPSA) is 43.9 Å². The van der Waals surface area contributed by atoms with Crippen LogP contribution >= 0.6 is 12.4 Å². The number of aryl methyl sites for hydroxylation is 1. The van der Waals surface area contributed by atoms with Gasteiger partial charge in [0.2, 0.25) is 0 Å². The van der Waals surface area contributed by atoms with E-state index in [1.165, 1.54) is 16.4 Å². The van der Waals surface area contributed by atoms with Crippen LogP contribution < -0.4 is 8.61 Å². The third-order valence-corrected chi connectivity index (χ3v) is 6.21. The molecule has 0 saturated heterocycles. The molecule has 5 nitrogen and oxygen atoms in total. The van der Waals surface area contributed by atoms with Crippen LogP contribution in [0.2, 0.25) is 0 Å². The van der Waals surface area contributed by atoms with Crippen molar-refractivity contribution in [2.45, 2.75) is 19.8 Å². The molecule has 8 heteroatoms. The standard InChI is InChI=1S/C19H24FN3O2S.ClH/c1-15-10-11-17(16(20)14-15)23-19-9-5-4-8-18(19)22(26(23,24)25)13-7-6-12-21(2)3;/h4-5,8-11,14H,6-7,12-13H2,1-3H3;1H. The predicted octanol–water partition coefficient (Wildman–Crippen LogP) is 4.10. The predicted molar refractivity (Wildman–Crippen MR) is 111 cm³/mol. The molecule has 27 heavy (non-hydrogen) atoms.